The van der Waals surface area contributed by atoms with Crippen LogP contribution in [-0.2, 0) is 22.6 Å². The van der Waals surface area contributed by atoms with Crippen LogP contribution in [0.2, 0.25) is 10.0 Å². The first-order valence-electron chi connectivity index (χ1n) is 5.64. The van der Waals surface area contributed by atoms with E-state index in [1.165, 1.54) is 29.9 Å². The second-order valence-electron chi connectivity index (χ2n) is 4.27. The van der Waals surface area contributed by atoms with Crippen LogP contribution < -0.4 is 0 Å². The lowest BCUT2D eigenvalue weighted by atomic mass is 10.3. The minimum atomic E-state index is -3.86. The van der Waals surface area contributed by atoms with Crippen molar-refractivity contribution in [3.05, 3.63) is 45.7 Å². The van der Waals surface area contributed by atoms with Gasteiger partial charge in [0.05, 0.1) is 27.6 Å². The number of nitrogens with zero attached hydrogens (tertiary/aromatic N) is 2. The van der Waals surface area contributed by atoms with Crippen molar-refractivity contribution in [1.29, 1.82) is 0 Å². The first-order valence-corrected chi connectivity index (χ1v) is 8.05. The van der Waals surface area contributed by atoms with Gasteiger partial charge < -0.3 is 5.11 Å². The fourth-order valence-corrected chi connectivity index (χ4v) is 4.02. The second-order valence-corrected chi connectivity index (χ2v) is 7.07. The first kappa shape index (κ1) is 15.8. The number of halogens is 2. The summed E-state index contributed by atoms with van der Waals surface area (Å²) in [7, 11) is -2.39. The van der Waals surface area contributed by atoms with Gasteiger partial charge in [0.15, 0.2) is 9.84 Å². The zero-order valence-electron chi connectivity index (χ0n) is 10.7. The van der Waals surface area contributed by atoms with E-state index in [9.17, 15) is 13.2 Å². The molecule has 0 spiro atoms. The van der Waals surface area contributed by atoms with E-state index in [0.717, 1.165) is 6.20 Å². The number of benzene rings is 1. The van der Waals surface area contributed by atoms with Crippen molar-refractivity contribution in [1.82, 2.24) is 9.78 Å². The molecule has 1 aromatic carbocycles. The van der Waals surface area contributed by atoms with Crippen LogP contribution in [0.5, 0.6) is 0 Å². The fourth-order valence-electron chi connectivity index (χ4n) is 1.79. The monoisotopic (exact) mass is 348 g/mol. The summed E-state index contributed by atoms with van der Waals surface area (Å²) in [5.41, 5.74) is -0.0993. The molecule has 0 unspecified atom stereocenters. The molecule has 0 atom stereocenters. The Bertz CT molecular complexity index is 815. The molecule has 21 heavy (non-hydrogen) atoms. The number of aryl methyl sites for hydroxylation is 1. The molecule has 1 aromatic heterocycles. The SMILES string of the molecule is Cn1ncc(C(=O)O)c1CS(=O)(=O)c1cc(Cl)ccc1Cl. The van der Waals surface area contributed by atoms with Crippen LogP contribution in [0.15, 0.2) is 29.3 Å². The Labute approximate surface area is 130 Å². The lowest BCUT2D eigenvalue weighted by Gasteiger charge is -2.08. The van der Waals surface area contributed by atoms with Crippen LogP contribution in [0.4, 0.5) is 0 Å². The molecule has 0 aliphatic rings. The van der Waals surface area contributed by atoms with E-state index in [1.54, 1.807) is 0 Å². The minimum Gasteiger partial charge on any atom is -0.478 e. The summed E-state index contributed by atoms with van der Waals surface area (Å²) in [6.45, 7) is 0. The number of aromatic nitrogens is 2. The van der Waals surface area contributed by atoms with Gasteiger partial charge in [0.2, 0.25) is 0 Å². The van der Waals surface area contributed by atoms with Crippen LogP contribution in [0, 0.1) is 0 Å². The second kappa shape index (κ2) is 5.67. The predicted molar refractivity (Wildman–Crippen MR) is 77.5 cm³/mol. The molecule has 0 saturated carbocycles. The molecule has 0 aliphatic heterocycles. The molecule has 0 bridgehead atoms. The van der Waals surface area contributed by atoms with Gasteiger partial charge in [-0.2, -0.15) is 5.10 Å². The van der Waals surface area contributed by atoms with E-state index in [-0.39, 0.29) is 26.2 Å². The third kappa shape index (κ3) is 3.20. The highest BCUT2D eigenvalue weighted by Crippen LogP contribution is 2.28. The highest BCUT2D eigenvalue weighted by molar-refractivity contribution is 7.90. The predicted octanol–water partition coefficient (Wildman–Crippen LogP) is 2.40. The summed E-state index contributed by atoms with van der Waals surface area (Å²) in [5.74, 6) is -1.78. The lowest BCUT2D eigenvalue weighted by Crippen LogP contribution is -2.12. The largest absolute Gasteiger partial charge is 0.478 e. The Hall–Kier alpha value is -1.57. The minimum absolute atomic E-state index is 0.0263. The summed E-state index contributed by atoms with van der Waals surface area (Å²) in [5, 5.41) is 13.1. The van der Waals surface area contributed by atoms with Crippen molar-refractivity contribution in [2.45, 2.75) is 10.6 Å². The van der Waals surface area contributed by atoms with E-state index < -0.39 is 21.6 Å². The number of rotatable bonds is 4. The molecule has 1 N–H and O–H groups in total. The van der Waals surface area contributed by atoms with Crippen molar-refractivity contribution in [2.75, 3.05) is 0 Å². The summed E-state index contributed by atoms with van der Waals surface area (Å²) in [6, 6.07) is 4.07. The third-order valence-electron chi connectivity index (χ3n) is 2.85. The van der Waals surface area contributed by atoms with Crippen LogP contribution >= 0.6 is 23.2 Å². The summed E-state index contributed by atoms with van der Waals surface area (Å²) >= 11 is 11.7. The van der Waals surface area contributed by atoms with Crippen molar-refractivity contribution >= 4 is 39.0 Å². The molecule has 0 radical (unpaired) electrons. The first-order chi connectivity index (χ1) is 9.72. The van der Waals surface area contributed by atoms with E-state index in [1.807, 2.05) is 0 Å². The highest BCUT2D eigenvalue weighted by Gasteiger charge is 2.25. The smallest absolute Gasteiger partial charge is 0.339 e. The highest BCUT2D eigenvalue weighted by atomic mass is 35.5. The average Bonchev–Trinajstić information content (AvgIpc) is 2.73. The van der Waals surface area contributed by atoms with Crippen molar-refractivity contribution in [2.24, 2.45) is 7.05 Å². The molecule has 1 heterocycles. The van der Waals surface area contributed by atoms with Gasteiger partial charge in [-0.05, 0) is 18.2 Å². The van der Waals surface area contributed by atoms with Crippen LogP contribution in [0.25, 0.3) is 0 Å². The Morgan fingerprint density at radius 2 is 2.05 bits per heavy atom. The molecular formula is C12H10Cl2N2O4S. The van der Waals surface area contributed by atoms with Crippen molar-refractivity contribution < 1.29 is 18.3 Å². The Morgan fingerprint density at radius 3 is 2.67 bits per heavy atom. The van der Waals surface area contributed by atoms with Gasteiger partial charge in [-0.15, -0.1) is 0 Å². The number of hydrogen-bond acceptors (Lipinski definition) is 4. The molecule has 0 saturated heterocycles. The van der Waals surface area contributed by atoms with Crippen molar-refractivity contribution in [3.8, 4) is 0 Å². The number of hydrogen-bond donors (Lipinski definition) is 1. The van der Waals surface area contributed by atoms with Gasteiger partial charge in [-0.3, -0.25) is 4.68 Å². The summed E-state index contributed by atoms with van der Waals surface area (Å²) in [4.78, 5) is 10.9. The van der Waals surface area contributed by atoms with E-state index in [0.29, 0.717) is 0 Å². The summed E-state index contributed by atoms with van der Waals surface area (Å²) in [6.07, 6.45) is 1.10. The molecule has 0 amide bonds. The normalized spacial score (nSPS) is 11.6. The molecule has 2 rings (SSSR count). The van der Waals surface area contributed by atoms with Gasteiger partial charge in [0.25, 0.3) is 0 Å². The number of carbonyl (C=O) groups is 1. The molecule has 0 fully saturated rings. The number of carboxylic acids is 1. The molecule has 2 aromatic rings. The number of sulfone groups is 1. The van der Waals surface area contributed by atoms with E-state index in [2.05, 4.69) is 5.10 Å². The van der Waals surface area contributed by atoms with Crippen molar-refractivity contribution in [3.63, 3.8) is 0 Å². The average molecular weight is 349 g/mol. The topological polar surface area (TPSA) is 89.3 Å². The zero-order valence-corrected chi connectivity index (χ0v) is 13.1. The van der Waals surface area contributed by atoms with Crippen LogP contribution in [0.1, 0.15) is 16.1 Å². The standard InChI is InChI=1S/C12H10Cl2N2O4S/c1-16-10(8(5-15-16)12(17)18)6-21(19,20)11-4-7(13)2-3-9(11)14/h2-5H,6H2,1H3,(H,17,18). The fraction of sp³-hybridized carbons (Fsp3) is 0.167. The van der Waals surface area contributed by atoms with E-state index >= 15 is 0 Å². The molecular weight excluding hydrogens is 339 g/mol. The van der Waals surface area contributed by atoms with Gasteiger partial charge in [0.1, 0.15) is 5.56 Å². The molecule has 6 nitrogen and oxygen atoms in total. The maximum Gasteiger partial charge on any atom is 0.339 e. The summed E-state index contributed by atoms with van der Waals surface area (Å²) < 4.78 is 26.1. The zero-order chi connectivity index (χ0) is 15.8. The maximum atomic E-state index is 12.4. The van der Waals surface area contributed by atoms with Gasteiger partial charge in [-0.1, -0.05) is 23.2 Å². The number of aromatic carboxylic acids is 1. The Kier molecular flexibility index (Phi) is 4.27. The van der Waals surface area contributed by atoms with Gasteiger partial charge >= 0.3 is 5.97 Å². The molecule has 9 heteroatoms. The third-order valence-corrected chi connectivity index (χ3v) is 5.19. The van der Waals surface area contributed by atoms with E-state index in [4.69, 9.17) is 28.3 Å². The number of carboxylic acid groups (broad SMARTS) is 1. The molecule has 112 valence electrons. The van der Waals surface area contributed by atoms with Crippen LogP contribution in [0.3, 0.4) is 0 Å². The lowest BCUT2D eigenvalue weighted by molar-refractivity contribution is 0.0696. The Morgan fingerprint density at radius 1 is 1.38 bits per heavy atom. The van der Waals surface area contributed by atoms with Gasteiger partial charge in [0, 0.05) is 12.1 Å². The van der Waals surface area contributed by atoms with Gasteiger partial charge in [-0.25, -0.2) is 13.2 Å². The van der Waals surface area contributed by atoms with Crippen LogP contribution in [-0.4, -0.2) is 29.3 Å². The quantitative estimate of drug-likeness (QED) is 0.916. The molecule has 0 aliphatic carbocycles. The Balaban J connectivity index is 2.50. The maximum absolute atomic E-state index is 12.4.